The lowest BCUT2D eigenvalue weighted by Gasteiger charge is -2.24. The lowest BCUT2D eigenvalue weighted by molar-refractivity contribution is 0.0781. The van der Waals surface area contributed by atoms with Gasteiger partial charge < -0.3 is 9.80 Å². The number of rotatable bonds is 5. The van der Waals surface area contributed by atoms with Crippen LogP contribution in [0.15, 0.2) is 24.8 Å². The lowest BCUT2D eigenvalue weighted by Crippen LogP contribution is -2.37. The van der Waals surface area contributed by atoms with Crippen molar-refractivity contribution in [3.63, 3.8) is 0 Å². The molecule has 2 aromatic heterocycles. The molecule has 0 radical (unpaired) electrons. The number of hydrogen-bond acceptors (Lipinski definition) is 5. The summed E-state index contributed by atoms with van der Waals surface area (Å²) in [6, 6.07) is 0.318. The summed E-state index contributed by atoms with van der Waals surface area (Å²) in [5.41, 5.74) is 0.646. The van der Waals surface area contributed by atoms with Gasteiger partial charge in [0.2, 0.25) is 0 Å². The Bertz CT molecular complexity index is 676. The van der Waals surface area contributed by atoms with E-state index in [2.05, 4.69) is 34.2 Å². The molecule has 3 heterocycles. The van der Waals surface area contributed by atoms with Gasteiger partial charge in [-0.1, -0.05) is 19.1 Å². The van der Waals surface area contributed by atoms with Gasteiger partial charge in [0.05, 0.1) is 30.0 Å². The summed E-state index contributed by atoms with van der Waals surface area (Å²) in [7, 11) is 4.06. The third kappa shape index (κ3) is 3.33. The van der Waals surface area contributed by atoms with Gasteiger partial charge in [0.25, 0.3) is 5.91 Å². The Hall–Kier alpha value is -2.22. The zero-order valence-corrected chi connectivity index (χ0v) is 14.7. The highest BCUT2D eigenvalue weighted by molar-refractivity contribution is 5.94. The normalized spacial score (nSPS) is 21.2. The number of carbonyl (C=O) groups is 1. The van der Waals surface area contributed by atoms with Gasteiger partial charge in [0.15, 0.2) is 0 Å². The van der Waals surface area contributed by atoms with Crippen LogP contribution in [0.25, 0.3) is 0 Å². The Morgan fingerprint density at radius 2 is 2.17 bits per heavy atom. The Kier molecular flexibility index (Phi) is 4.66. The summed E-state index contributed by atoms with van der Waals surface area (Å²) in [4.78, 5) is 16.9. The number of hydrogen-bond donors (Lipinski definition) is 0. The Balaban J connectivity index is 1.75. The average Bonchev–Trinajstić information content (AvgIpc) is 3.25. The van der Waals surface area contributed by atoms with E-state index in [9.17, 15) is 4.79 Å². The van der Waals surface area contributed by atoms with E-state index in [0.29, 0.717) is 24.6 Å². The van der Waals surface area contributed by atoms with Gasteiger partial charge in [0, 0.05) is 32.0 Å². The van der Waals surface area contributed by atoms with E-state index in [1.165, 1.54) is 0 Å². The molecule has 8 nitrogen and oxygen atoms in total. The first-order chi connectivity index (χ1) is 11.5. The maximum Gasteiger partial charge on any atom is 0.257 e. The second kappa shape index (κ2) is 6.72. The van der Waals surface area contributed by atoms with Crippen LogP contribution in [-0.4, -0.2) is 73.7 Å². The Morgan fingerprint density at radius 1 is 1.38 bits per heavy atom. The predicted molar refractivity (Wildman–Crippen MR) is 89.5 cm³/mol. The highest BCUT2D eigenvalue weighted by Crippen LogP contribution is 2.25. The molecule has 1 fully saturated rings. The first-order valence-electron chi connectivity index (χ1n) is 8.29. The highest BCUT2D eigenvalue weighted by atomic mass is 16.2. The number of nitrogens with zero attached hydrogens (tertiary/aromatic N) is 7. The van der Waals surface area contributed by atoms with Crippen molar-refractivity contribution in [3.8, 4) is 0 Å². The molecule has 2 aromatic rings. The van der Waals surface area contributed by atoms with Crippen LogP contribution in [0, 0.1) is 5.92 Å². The van der Waals surface area contributed by atoms with Crippen LogP contribution in [0.2, 0.25) is 0 Å². The van der Waals surface area contributed by atoms with Crippen LogP contribution in [0.4, 0.5) is 0 Å². The maximum absolute atomic E-state index is 12.8. The molecule has 0 aliphatic carbocycles. The van der Waals surface area contributed by atoms with Crippen LogP contribution in [0.5, 0.6) is 0 Å². The third-order valence-corrected chi connectivity index (χ3v) is 4.42. The largest absolute Gasteiger partial charge is 0.335 e. The van der Waals surface area contributed by atoms with Crippen molar-refractivity contribution in [2.24, 2.45) is 5.92 Å². The maximum atomic E-state index is 12.8. The fourth-order valence-corrected chi connectivity index (χ4v) is 3.23. The van der Waals surface area contributed by atoms with E-state index in [1.54, 1.807) is 12.4 Å². The van der Waals surface area contributed by atoms with Gasteiger partial charge in [-0.25, -0.2) is 4.68 Å². The Labute approximate surface area is 142 Å². The summed E-state index contributed by atoms with van der Waals surface area (Å²) in [6.07, 6.45) is 7.04. The van der Waals surface area contributed by atoms with Crippen LogP contribution in [-0.2, 0) is 6.54 Å². The molecular formula is C16H25N7O. The standard InChI is InChI=1S/C16H25N7O/c1-12(2)8-22-9-13(7-18-22)16(24)21-10-14(20(3)4)15(11-21)23-6-5-17-19-23/h5-7,9,12,14-15H,8,10-11H2,1-4H3/t14-,15+/m1/s1. The minimum atomic E-state index is 0.0273. The second-order valence-corrected chi connectivity index (χ2v) is 7.04. The van der Waals surface area contributed by atoms with Crippen molar-refractivity contribution in [1.82, 2.24) is 34.6 Å². The van der Waals surface area contributed by atoms with Crippen molar-refractivity contribution in [2.45, 2.75) is 32.5 Å². The molecule has 3 rings (SSSR count). The van der Waals surface area contributed by atoms with E-state index >= 15 is 0 Å². The van der Waals surface area contributed by atoms with E-state index in [-0.39, 0.29) is 18.0 Å². The van der Waals surface area contributed by atoms with Crippen molar-refractivity contribution >= 4 is 5.91 Å². The minimum absolute atomic E-state index is 0.0273. The summed E-state index contributed by atoms with van der Waals surface area (Å²) in [5.74, 6) is 0.522. The minimum Gasteiger partial charge on any atom is -0.335 e. The second-order valence-electron chi connectivity index (χ2n) is 7.04. The lowest BCUT2D eigenvalue weighted by atomic mass is 10.1. The SMILES string of the molecule is CC(C)Cn1cc(C(=O)N2C[C@@H](N(C)C)[C@@H](n3ccnn3)C2)cn1. The fraction of sp³-hybridized carbons (Fsp3) is 0.625. The quantitative estimate of drug-likeness (QED) is 0.809. The molecule has 8 heteroatoms. The van der Waals surface area contributed by atoms with Crippen LogP contribution < -0.4 is 0 Å². The molecule has 1 aliphatic heterocycles. The molecule has 1 amide bonds. The molecule has 0 unspecified atom stereocenters. The van der Waals surface area contributed by atoms with E-state index in [0.717, 1.165) is 6.54 Å². The number of likely N-dealkylation sites (N-methyl/N-ethyl adjacent to an activating group) is 1. The predicted octanol–water partition coefficient (Wildman–Crippen LogP) is 0.758. The number of likely N-dealkylation sites (tertiary alicyclic amines) is 1. The molecule has 0 aromatic carbocycles. The molecule has 0 saturated carbocycles. The summed E-state index contributed by atoms with van der Waals surface area (Å²) < 4.78 is 3.69. The zero-order chi connectivity index (χ0) is 17.3. The number of carbonyl (C=O) groups excluding carboxylic acids is 1. The van der Waals surface area contributed by atoms with E-state index < -0.39 is 0 Å². The van der Waals surface area contributed by atoms with Crippen molar-refractivity contribution < 1.29 is 4.79 Å². The molecular weight excluding hydrogens is 306 g/mol. The number of aromatic nitrogens is 5. The molecule has 0 N–H and O–H groups in total. The topological polar surface area (TPSA) is 72.1 Å². The van der Waals surface area contributed by atoms with E-state index in [4.69, 9.17) is 0 Å². The Morgan fingerprint density at radius 3 is 2.79 bits per heavy atom. The fourth-order valence-electron chi connectivity index (χ4n) is 3.23. The molecule has 2 atom stereocenters. The first kappa shape index (κ1) is 16.6. The van der Waals surface area contributed by atoms with Gasteiger partial charge in [0.1, 0.15) is 0 Å². The van der Waals surface area contributed by atoms with Crippen LogP contribution >= 0.6 is 0 Å². The van der Waals surface area contributed by atoms with Gasteiger partial charge in [-0.15, -0.1) is 5.10 Å². The van der Waals surface area contributed by atoms with E-state index in [1.807, 2.05) is 40.8 Å². The average molecular weight is 331 g/mol. The van der Waals surface area contributed by atoms with Crippen LogP contribution in [0.1, 0.15) is 30.2 Å². The number of amides is 1. The molecule has 0 spiro atoms. The zero-order valence-electron chi connectivity index (χ0n) is 14.7. The molecule has 130 valence electrons. The molecule has 24 heavy (non-hydrogen) atoms. The summed E-state index contributed by atoms with van der Waals surface area (Å²) in [5, 5.41) is 12.3. The first-order valence-corrected chi connectivity index (χ1v) is 8.29. The molecule has 1 aliphatic rings. The van der Waals surface area contributed by atoms with Crippen molar-refractivity contribution in [3.05, 3.63) is 30.4 Å². The van der Waals surface area contributed by atoms with Crippen LogP contribution in [0.3, 0.4) is 0 Å². The smallest absolute Gasteiger partial charge is 0.257 e. The van der Waals surface area contributed by atoms with Gasteiger partial charge in [-0.3, -0.25) is 9.48 Å². The highest BCUT2D eigenvalue weighted by Gasteiger charge is 2.38. The van der Waals surface area contributed by atoms with Crippen molar-refractivity contribution in [2.75, 3.05) is 27.2 Å². The summed E-state index contributed by atoms with van der Waals surface area (Å²) in [6.45, 7) is 6.38. The third-order valence-electron chi connectivity index (χ3n) is 4.42. The molecule has 1 saturated heterocycles. The molecule has 0 bridgehead atoms. The van der Waals surface area contributed by atoms with Gasteiger partial charge in [-0.05, 0) is 20.0 Å². The van der Waals surface area contributed by atoms with Gasteiger partial charge in [-0.2, -0.15) is 5.10 Å². The summed E-state index contributed by atoms with van der Waals surface area (Å²) >= 11 is 0. The monoisotopic (exact) mass is 331 g/mol. The van der Waals surface area contributed by atoms with Crippen molar-refractivity contribution in [1.29, 1.82) is 0 Å². The van der Waals surface area contributed by atoms with Gasteiger partial charge >= 0.3 is 0 Å².